The molecule has 0 saturated heterocycles. The highest BCUT2D eigenvalue weighted by atomic mass is 16.5. The minimum absolute atomic E-state index is 0.157. The van der Waals surface area contributed by atoms with Crippen molar-refractivity contribution in [2.75, 3.05) is 0 Å². The number of aryl methyl sites for hydroxylation is 1. The number of pyridine rings is 1. The van der Waals surface area contributed by atoms with E-state index < -0.39 is 0 Å². The third-order valence-electron chi connectivity index (χ3n) is 7.11. The zero-order valence-corrected chi connectivity index (χ0v) is 21.2. The van der Waals surface area contributed by atoms with Crippen LogP contribution in [0.5, 0.6) is 0 Å². The van der Waals surface area contributed by atoms with Crippen molar-refractivity contribution in [2.45, 2.75) is 98.5 Å². The van der Waals surface area contributed by atoms with Crippen LogP contribution in [-0.2, 0) is 10.3 Å². The molecule has 174 valence electrons. The fourth-order valence-corrected chi connectivity index (χ4v) is 4.66. The molecule has 0 bridgehead atoms. The standard InChI is InChI=1S/C28H37NO.C2H6/c1-5-27(3,4)19-25-9-7-6-8-18-28(30-25,24-15-16-24)23-13-11-22(12-14-23)26-17-10-21(2)20-29-26;1-2/h9-14,17,20,24H,5-8,15-16,18-19H2,1-4H3;1-2H3/b25-9-;. The molecule has 2 heterocycles. The van der Waals surface area contributed by atoms with Crippen LogP contribution in [0, 0.1) is 18.3 Å². The molecule has 2 aliphatic rings. The lowest BCUT2D eigenvalue weighted by atomic mass is 9.81. The highest BCUT2D eigenvalue weighted by molar-refractivity contribution is 5.59. The molecular formula is C30H43NO. The Hall–Kier alpha value is -2.09. The van der Waals surface area contributed by atoms with Gasteiger partial charge in [0, 0.05) is 24.1 Å². The largest absolute Gasteiger partial charge is 0.487 e. The molecule has 4 rings (SSSR count). The van der Waals surface area contributed by atoms with Crippen LogP contribution >= 0.6 is 0 Å². The van der Waals surface area contributed by atoms with Gasteiger partial charge in [-0.1, -0.05) is 71.4 Å². The molecule has 0 radical (unpaired) electrons. The van der Waals surface area contributed by atoms with Gasteiger partial charge in [-0.2, -0.15) is 0 Å². The average Bonchev–Trinajstić information content (AvgIpc) is 3.64. The molecule has 2 heteroatoms. The Morgan fingerprint density at radius 1 is 1.03 bits per heavy atom. The summed E-state index contributed by atoms with van der Waals surface area (Å²) in [5, 5.41) is 0. The number of aromatic nitrogens is 1. The smallest absolute Gasteiger partial charge is 0.136 e. The van der Waals surface area contributed by atoms with Crippen LogP contribution in [-0.4, -0.2) is 4.98 Å². The van der Waals surface area contributed by atoms with Gasteiger partial charge in [0.25, 0.3) is 0 Å². The quantitative estimate of drug-likeness (QED) is 0.453. The number of ether oxygens (including phenoxy) is 1. The summed E-state index contributed by atoms with van der Waals surface area (Å²) < 4.78 is 7.03. The second-order valence-electron chi connectivity index (χ2n) is 10.2. The van der Waals surface area contributed by atoms with E-state index in [-0.39, 0.29) is 11.0 Å². The molecular weight excluding hydrogens is 390 g/mol. The number of rotatable bonds is 6. The average molecular weight is 434 g/mol. The lowest BCUT2D eigenvalue weighted by Crippen LogP contribution is -2.33. The molecule has 1 atom stereocenters. The molecule has 32 heavy (non-hydrogen) atoms. The van der Waals surface area contributed by atoms with Crippen molar-refractivity contribution in [1.82, 2.24) is 4.98 Å². The SMILES string of the molecule is CC.CCC(C)(C)C/C1=C/CCCCC(c2ccc(-c3ccc(C)cn3)cc2)(C2CC2)O1. The van der Waals surface area contributed by atoms with E-state index in [2.05, 4.69) is 75.2 Å². The Balaban J connectivity index is 0.00000141. The first-order valence-electron chi connectivity index (χ1n) is 12.8. The lowest BCUT2D eigenvalue weighted by molar-refractivity contribution is -0.0446. The topological polar surface area (TPSA) is 22.1 Å². The molecule has 2 nitrogen and oxygen atoms in total. The van der Waals surface area contributed by atoms with Crippen molar-refractivity contribution in [3.63, 3.8) is 0 Å². The van der Waals surface area contributed by atoms with E-state index in [1.54, 1.807) is 0 Å². The van der Waals surface area contributed by atoms with Crippen molar-refractivity contribution in [3.05, 3.63) is 65.6 Å². The van der Waals surface area contributed by atoms with Crippen molar-refractivity contribution in [1.29, 1.82) is 0 Å². The Morgan fingerprint density at radius 2 is 1.75 bits per heavy atom. The summed E-state index contributed by atoms with van der Waals surface area (Å²) in [7, 11) is 0. The van der Waals surface area contributed by atoms with Gasteiger partial charge in [0.1, 0.15) is 5.60 Å². The van der Waals surface area contributed by atoms with E-state index in [0.717, 1.165) is 25.0 Å². The van der Waals surface area contributed by atoms with Gasteiger partial charge in [-0.3, -0.25) is 4.98 Å². The maximum absolute atomic E-state index is 7.03. The highest BCUT2D eigenvalue weighted by Gasteiger charge is 2.49. The second-order valence-corrected chi connectivity index (χ2v) is 10.2. The Kier molecular flexibility index (Phi) is 8.20. The van der Waals surface area contributed by atoms with E-state index in [1.807, 2.05) is 20.0 Å². The lowest BCUT2D eigenvalue weighted by Gasteiger charge is -2.39. The van der Waals surface area contributed by atoms with Crippen molar-refractivity contribution < 1.29 is 4.74 Å². The Labute approximate surface area is 196 Å². The predicted octanol–water partition coefficient (Wildman–Crippen LogP) is 8.99. The van der Waals surface area contributed by atoms with Gasteiger partial charge in [-0.25, -0.2) is 0 Å². The van der Waals surface area contributed by atoms with Crippen LogP contribution in [0.2, 0.25) is 0 Å². The van der Waals surface area contributed by atoms with Gasteiger partial charge in [0.05, 0.1) is 11.5 Å². The summed E-state index contributed by atoms with van der Waals surface area (Å²) in [4.78, 5) is 4.60. The number of hydrogen-bond acceptors (Lipinski definition) is 2. The normalized spacial score (nSPS) is 23.0. The summed E-state index contributed by atoms with van der Waals surface area (Å²) >= 11 is 0. The van der Waals surface area contributed by atoms with Crippen LogP contribution in [0.4, 0.5) is 0 Å². The summed E-state index contributed by atoms with van der Waals surface area (Å²) in [6.07, 6.45) is 13.9. The van der Waals surface area contributed by atoms with E-state index in [0.29, 0.717) is 5.92 Å². The maximum Gasteiger partial charge on any atom is 0.136 e. The number of allylic oxidation sites excluding steroid dienone is 2. The van der Waals surface area contributed by atoms with E-state index in [4.69, 9.17) is 4.74 Å². The number of nitrogens with zero attached hydrogens (tertiary/aromatic N) is 1. The zero-order chi connectivity index (χ0) is 23.2. The van der Waals surface area contributed by atoms with Crippen molar-refractivity contribution in [3.8, 4) is 11.3 Å². The van der Waals surface area contributed by atoms with Crippen molar-refractivity contribution >= 4 is 0 Å². The van der Waals surface area contributed by atoms with Gasteiger partial charge in [-0.05, 0) is 74.1 Å². The third-order valence-corrected chi connectivity index (χ3v) is 7.11. The highest BCUT2D eigenvalue weighted by Crippen LogP contribution is 2.53. The van der Waals surface area contributed by atoms with E-state index >= 15 is 0 Å². The molecule has 1 aliphatic carbocycles. The van der Waals surface area contributed by atoms with E-state index in [1.165, 1.54) is 54.6 Å². The molecule has 2 aromatic rings. The minimum Gasteiger partial charge on any atom is -0.487 e. The molecule has 1 aromatic carbocycles. The summed E-state index contributed by atoms with van der Waals surface area (Å²) in [5.41, 5.74) is 4.88. The van der Waals surface area contributed by atoms with Gasteiger partial charge >= 0.3 is 0 Å². The molecule has 1 fully saturated rings. The fraction of sp³-hybridized carbons (Fsp3) is 0.567. The van der Waals surface area contributed by atoms with Gasteiger partial charge in [0.2, 0.25) is 0 Å². The van der Waals surface area contributed by atoms with Gasteiger partial charge < -0.3 is 4.74 Å². The molecule has 1 aromatic heterocycles. The molecule has 0 amide bonds. The van der Waals surface area contributed by atoms with Crippen LogP contribution in [0.15, 0.2) is 54.4 Å². The first-order valence-corrected chi connectivity index (χ1v) is 12.8. The maximum atomic E-state index is 7.03. The molecule has 0 N–H and O–H groups in total. The van der Waals surface area contributed by atoms with Crippen LogP contribution in [0.3, 0.4) is 0 Å². The summed E-state index contributed by atoms with van der Waals surface area (Å²) in [6.45, 7) is 13.1. The van der Waals surface area contributed by atoms with Crippen LogP contribution < -0.4 is 0 Å². The monoisotopic (exact) mass is 433 g/mol. The van der Waals surface area contributed by atoms with Gasteiger partial charge in [-0.15, -0.1) is 0 Å². The summed E-state index contributed by atoms with van der Waals surface area (Å²) in [6, 6.07) is 13.3. The van der Waals surface area contributed by atoms with Crippen LogP contribution in [0.1, 0.15) is 97.1 Å². The Bertz CT molecular complexity index is 874. The number of hydrogen-bond donors (Lipinski definition) is 0. The first-order chi connectivity index (χ1) is 15.4. The third kappa shape index (κ3) is 5.82. The minimum atomic E-state index is -0.157. The molecule has 0 spiro atoms. The number of benzene rings is 1. The molecule has 1 unspecified atom stereocenters. The van der Waals surface area contributed by atoms with Crippen LogP contribution in [0.25, 0.3) is 11.3 Å². The first kappa shape index (κ1) is 24.6. The van der Waals surface area contributed by atoms with E-state index in [9.17, 15) is 0 Å². The fourth-order valence-electron chi connectivity index (χ4n) is 4.66. The summed E-state index contributed by atoms with van der Waals surface area (Å²) in [5.74, 6) is 1.87. The zero-order valence-electron chi connectivity index (χ0n) is 21.2. The molecule has 1 aliphatic heterocycles. The predicted molar refractivity (Wildman–Crippen MR) is 136 cm³/mol. The Morgan fingerprint density at radius 3 is 2.34 bits per heavy atom. The van der Waals surface area contributed by atoms with Crippen molar-refractivity contribution in [2.24, 2.45) is 11.3 Å². The molecule has 1 saturated carbocycles. The second kappa shape index (κ2) is 10.7. The van der Waals surface area contributed by atoms with Gasteiger partial charge in [0.15, 0.2) is 0 Å².